The highest BCUT2D eigenvalue weighted by atomic mass is 32.2. The maximum absolute atomic E-state index is 13.6. The Balaban J connectivity index is 1.63. The summed E-state index contributed by atoms with van der Waals surface area (Å²) in [5.41, 5.74) is 8.60. The molecule has 144 valence electrons. The van der Waals surface area contributed by atoms with Crippen LogP contribution < -0.4 is 10.6 Å². The van der Waals surface area contributed by atoms with Gasteiger partial charge in [-0.15, -0.1) is 23.1 Å². The van der Waals surface area contributed by atoms with Gasteiger partial charge in [0, 0.05) is 38.0 Å². The fourth-order valence-corrected chi connectivity index (χ4v) is 5.58. The molecule has 0 fully saturated rings. The minimum atomic E-state index is -0.500. The Morgan fingerprint density at radius 1 is 1.14 bits per heavy atom. The van der Waals surface area contributed by atoms with Crippen LogP contribution in [0, 0.1) is 0 Å². The van der Waals surface area contributed by atoms with E-state index in [0.717, 1.165) is 31.9 Å². The van der Waals surface area contributed by atoms with Crippen LogP contribution >= 0.6 is 23.1 Å². The molecule has 0 spiro atoms. The number of aromatic amines is 1. The highest BCUT2D eigenvalue weighted by Crippen LogP contribution is 2.48. The Morgan fingerprint density at radius 3 is 2.79 bits per heavy atom. The number of nitrogens with one attached hydrogen (secondary N) is 1. The Kier molecular flexibility index (Phi) is 4.41. The van der Waals surface area contributed by atoms with Crippen LogP contribution in [0.3, 0.4) is 0 Å². The van der Waals surface area contributed by atoms with Gasteiger partial charge < -0.3 is 15.6 Å². The van der Waals surface area contributed by atoms with E-state index in [9.17, 15) is 9.59 Å². The van der Waals surface area contributed by atoms with Gasteiger partial charge in [-0.2, -0.15) is 0 Å². The number of hydrogen-bond donors (Lipinski definition) is 2. The number of H-pyrrole nitrogens is 1. The molecule has 0 saturated carbocycles. The predicted molar refractivity (Wildman–Crippen MR) is 117 cm³/mol. The molecule has 1 unspecified atom stereocenters. The van der Waals surface area contributed by atoms with Crippen molar-refractivity contribution in [1.82, 2.24) is 4.98 Å². The molecule has 1 aliphatic heterocycles. The number of amides is 2. The van der Waals surface area contributed by atoms with E-state index in [1.165, 1.54) is 11.8 Å². The van der Waals surface area contributed by atoms with E-state index < -0.39 is 5.91 Å². The average Bonchev–Trinajstić information content (AvgIpc) is 3.39. The minimum Gasteiger partial charge on any atom is -0.366 e. The number of carbonyl (C=O) groups excluding carboxylic acids is 2. The molecule has 5 rings (SSSR count). The third-order valence-corrected chi connectivity index (χ3v) is 7.22. The van der Waals surface area contributed by atoms with Crippen molar-refractivity contribution in [3.63, 3.8) is 0 Å². The molecule has 0 bridgehead atoms. The molecule has 1 atom stereocenters. The van der Waals surface area contributed by atoms with Crippen LogP contribution in [0.4, 0.5) is 5.69 Å². The SMILES string of the molecule is NC(=O)c1ccc2c(c1)N(Cc1cccs1)C(=O)C(c1c[nH]c3ccccc13)S2. The zero-order valence-corrected chi connectivity index (χ0v) is 16.9. The van der Waals surface area contributed by atoms with Gasteiger partial charge >= 0.3 is 0 Å². The molecule has 2 aromatic carbocycles. The molecule has 5 nitrogen and oxygen atoms in total. The summed E-state index contributed by atoms with van der Waals surface area (Å²) in [7, 11) is 0. The highest BCUT2D eigenvalue weighted by molar-refractivity contribution is 8.00. The van der Waals surface area contributed by atoms with Crippen molar-refractivity contribution >= 4 is 51.5 Å². The molecule has 0 aliphatic carbocycles. The highest BCUT2D eigenvalue weighted by Gasteiger charge is 2.36. The van der Waals surface area contributed by atoms with E-state index in [1.807, 2.05) is 54.0 Å². The summed E-state index contributed by atoms with van der Waals surface area (Å²) < 4.78 is 0. The van der Waals surface area contributed by atoms with Gasteiger partial charge in [-0.1, -0.05) is 24.3 Å². The lowest BCUT2D eigenvalue weighted by atomic mass is 10.1. The fourth-order valence-electron chi connectivity index (χ4n) is 3.65. The Bertz CT molecular complexity index is 1230. The molecule has 0 radical (unpaired) electrons. The first-order valence-electron chi connectivity index (χ1n) is 9.12. The first-order valence-corrected chi connectivity index (χ1v) is 10.9. The zero-order chi connectivity index (χ0) is 20.0. The maximum Gasteiger partial charge on any atom is 0.248 e. The third-order valence-electron chi connectivity index (χ3n) is 5.07. The Morgan fingerprint density at radius 2 is 2.00 bits per heavy atom. The number of rotatable bonds is 4. The number of carbonyl (C=O) groups is 2. The number of hydrogen-bond acceptors (Lipinski definition) is 4. The summed E-state index contributed by atoms with van der Waals surface area (Å²) in [5, 5.41) is 2.68. The number of para-hydroxylation sites is 1. The van der Waals surface area contributed by atoms with Crippen molar-refractivity contribution in [3.05, 3.63) is 82.2 Å². The van der Waals surface area contributed by atoms with Crippen molar-refractivity contribution < 1.29 is 9.59 Å². The lowest BCUT2D eigenvalue weighted by molar-refractivity contribution is -0.118. The molecule has 2 aromatic heterocycles. The molecule has 3 N–H and O–H groups in total. The van der Waals surface area contributed by atoms with Crippen molar-refractivity contribution in [2.45, 2.75) is 16.7 Å². The lowest BCUT2D eigenvalue weighted by Crippen LogP contribution is -2.36. The number of thioether (sulfide) groups is 1. The van der Waals surface area contributed by atoms with Crippen LogP contribution in [0.15, 0.2) is 71.1 Å². The molecule has 4 aromatic rings. The molecular weight excluding hydrogens is 402 g/mol. The van der Waals surface area contributed by atoms with Crippen LogP contribution in [-0.2, 0) is 11.3 Å². The van der Waals surface area contributed by atoms with E-state index in [2.05, 4.69) is 4.98 Å². The van der Waals surface area contributed by atoms with E-state index in [1.54, 1.807) is 28.4 Å². The second kappa shape index (κ2) is 7.09. The van der Waals surface area contributed by atoms with Gasteiger partial charge in [0.15, 0.2) is 0 Å². The summed E-state index contributed by atoms with van der Waals surface area (Å²) in [5.74, 6) is -0.498. The second-order valence-corrected chi connectivity index (χ2v) is 9.02. The van der Waals surface area contributed by atoms with Crippen LogP contribution in [0.5, 0.6) is 0 Å². The number of aromatic nitrogens is 1. The molecule has 7 heteroatoms. The molecule has 2 amide bonds. The smallest absolute Gasteiger partial charge is 0.248 e. The number of anilines is 1. The number of primary amides is 1. The van der Waals surface area contributed by atoms with Gasteiger partial charge in [0.05, 0.1) is 12.2 Å². The molecule has 1 aliphatic rings. The van der Waals surface area contributed by atoms with Crippen LogP contribution in [-0.4, -0.2) is 16.8 Å². The standard InChI is InChI=1S/C22H17N3O2S2/c23-21(26)13-7-8-19-18(10-13)25(12-14-4-3-9-28-14)22(27)20(29-19)16-11-24-17-6-2-1-5-15(16)17/h1-11,20,24H,12H2,(H2,23,26). The summed E-state index contributed by atoms with van der Waals surface area (Å²) >= 11 is 3.12. The van der Waals surface area contributed by atoms with Gasteiger partial charge in [-0.3, -0.25) is 9.59 Å². The van der Waals surface area contributed by atoms with Crippen LogP contribution in [0.1, 0.15) is 26.0 Å². The van der Waals surface area contributed by atoms with Gasteiger partial charge in [-0.05, 0) is 35.7 Å². The van der Waals surface area contributed by atoms with Crippen molar-refractivity contribution in [1.29, 1.82) is 0 Å². The zero-order valence-electron chi connectivity index (χ0n) is 15.3. The van der Waals surface area contributed by atoms with Crippen molar-refractivity contribution in [2.24, 2.45) is 5.73 Å². The molecule has 3 heterocycles. The number of nitrogens with two attached hydrogens (primary N) is 1. The van der Waals surface area contributed by atoms with E-state index >= 15 is 0 Å². The fraction of sp³-hybridized carbons (Fsp3) is 0.0909. The Hall–Kier alpha value is -3.03. The van der Waals surface area contributed by atoms with Gasteiger partial charge in [-0.25, -0.2) is 0 Å². The summed E-state index contributed by atoms with van der Waals surface area (Å²) in [6.07, 6.45) is 1.92. The molecular formula is C22H17N3O2S2. The largest absolute Gasteiger partial charge is 0.366 e. The number of fused-ring (bicyclic) bond motifs is 2. The second-order valence-electron chi connectivity index (χ2n) is 6.84. The summed E-state index contributed by atoms with van der Waals surface area (Å²) in [6.45, 7) is 0.463. The summed E-state index contributed by atoms with van der Waals surface area (Å²) in [4.78, 5) is 32.4. The third kappa shape index (κ3) is 3.12. The molecule has 29 heavy (non-hydrogen) atoms. The average molecular weight is 420 g/mol. The minimum absolute atomic E-state index is 0.00211. The van der Waals surface area contributed by atoms with E-state index in [0.29, 0.717) is 12.1 Å². The maximum atomic E-state index is 13.6. The first kappa shape index (κ1) is 18.0. The quantitative estimate of drug-likeness (QED) is 0.503. The summed E-state index contributed by atoms with van der Waals surface area (Å²) in [6, 6.07) is 17.3. The number of nitrogens with zero attached hydrogens (tertiary/aromatic N) is 1. The van der Waals surface area contributed by atoms with Gasteiger partial charge in [0.2, 0.25) is 11.8 Å². The number of thiophene rings is 1. The van der Waals surface area contributed by atoms with Crippen molar-refractivity contribution in [2.75, 3.05) is 4.90 Å². The first-order chi connectivity index (χ1) is 14.1. The van der Waals surface area contributed by atoms with Crippen LogP contribution in [0.25, 0.3) is 10.9 Å². The number of benzene rings is 2. The Labute approximate surface area is 175 Å². The topological polar surface area (TPSA) is 79.2 Å². The molecule has 0 saturated heterocycles. The van der Waals surface area contributed by atoms with Crippen molar-refractivity contribution in [3.8, 4) is 0 Å². The van der Waals surface area contributed by atoms with E-state index in [-0.39, 0.29) is 11.2 Å². The predicted octanol–water partition coefficient (Wildman–Crippen LogP) is 4.71. The van der Waals surface area contributed by atoms with Gasteiger partial charge in [0.1, 0.15) is 5.25 Å². The van der Waals surface area contributed by atoms with E-state index in [4.69, 9.17) is 5.73 Å². The van der Waals surface area contributed by atoms with Crippen LogP contribution in [0.2, 0.25) is 0 Å². The lowest BCUT2D eigenvalue weighted by Gasteiger charge is -2.33. The normalized spacial score (nSPS) is 16.2. The monoisotopic (exact) mass is 419 g/mol. The van der Waals surface area contributed by atoms with Gasteiger partial charge in [0.25, 0.3) is 0 Å².